The summed E-state index contributed by atoms with van der Waals surface area (Å²) in [6.45, 7) is 7.72. The minimum Gasteiger partial charge on any atom is -0.490 e. The molecular weight excluding hydrogens is 374 g/mol. The van der Waals surface area contributed by atoms with Gasteiger partial charge in [0.1, 0.15) is 12.4 Å². The van der Waals surface area contributed by atoms with Crippen molar-refractivity contribution in [2.75, 3.05) is 37.7 Å². The van der Waals surface area contributed by atoms with Crippen LogP contribution in [0, 0.1) is 12.8 Å². The first kappa shape index (κ1) is 21.1. The molecule has 2 aliphatic heterocycles. The number of aryl methyl sites for hydroxylation is 1. The summed E-state index contributed by atoms with van der Waals surface area (Å²) in [5, 5.41) is 3.48. The molecule has 0 bridgehead atoms. The largest absolute Gasteiger partial charge is 0.490 e. The van der Waals surface area contributed by atoms with Crippen molar-refractivity contribution in [3.05, 3.63) is 53.9 Å². The van der Waals surface area contributed by atoms with Gasteiger partial charge in [0.2, 0.25) is 0 Å². The van der Waals surface area contributed by atoms with Crippen molar-refractivity contribution < 1.29 is 9.47 Å². The Bertz CT molecular complexity index is 783. The van der Waals surface area contributed by atoms with Crippen molar-refractivity contribution in [3.63, 3.8) is 0 Å². The number of hydrogen-bond acceptors (Lipinski definition) is 5. The van der Waals surface area contributed by atoms with Gasteiger partial charge in [-0.1, -0.05) is 24.3 Å². The zero-order chi connectivity index (χ0) is 20.6. The Labute approximate surface area is 180 Å². The molecule has 5 heteroatoms. The Morgan fingerprint density at radius 2 is 2.00 bits per heavy atom. The molecule has 1 aromatic heterocycles. The number of pyridine rings is 1. The number of ether oxygens (including phenoxy) is 2. The number of piperidine rings is 1. The predicted octanol–water partition coefficient (Wildman–Crippen LogP) is 4.34. The van der Waals surface area contributed by atoms with Crippen LogP contribution in [0.3, 0.4) is 0 Å². The summed E-state index contributed by atoms with van der Waals surface area (Å²) in [7, 11) is 0. The molecule has 5 nitrogen and oxygen atoms in total. The lowest BCUT2D eigenvalue weighted by Crippen LogP contribution is -2.34. The van der Waals surface area contributed by atoms with E-state index in [0.717, 1.165) is 57.5 Å². The summed E-state index contributed by atoms with van der Waals surface area (Å²) in [6.07, 6.45) is 9.82. The van der Waals surface area contributed by atoms with E-state index < -0.39 is 0 Å². The highest BCUT2D eigenvalue weighted by Crippen LogP contribution is 2.27. The maximum Gasteiger partial charge on any atom is 0.139 e. The Morgan fingerprint density at radius 3 is 2.80 bits per heavy atom. The molecule has 0 aliphatic carbocycles. The lowest BCUT2D eigenvalue weighted by Gasteiger charge is -2.33. The minimum atomic E-state index is 0.484. The van der Waals surface area contributed by atoms with E-state index in [0.29, 0.717) is 6.04 Å². The van der Waals surface area contributed by atoms with E-state index in [1.54, 1.807) is 0 Å². The second-order valence-electron chi connectivity index (χ2n) is 8.68. The molecule has 1 aromatic carbocycles. The highest BCUT2D eigenvalue weighted by atomic mass is 16.5. The highest BCUT2D eigenvalue weighted by Gasteiger charge is 2.20. The summed E-state index contributed by atoms with van der Waals surface area (Å²) >= 11 is 0. The molecule has 1 N–H and O–H groups in total. The fourth-order valence-corrected chi connectivity index (χ4v) is 4.44. The molecule has 0 radical (unpaired) electrons. The smallest absolute Gasteiger partial charge is 0.139 e. The molecule has 0 spiro atoms. The Hall–Kier alpha value is -2.11. The molecule has 3 heterocycles. The molecule has 162 valence electrons. The van der Waals surface area contributed by atoms with Crippen LogP contribution in [0.25, 0.3) is 0 Å². The molecule has 1 unspecified atom stereocenters. The fraction of sp³-hybridized carbons (Fsp3) is 0.560. The molecule has 2 aromatic rings. The number of aromatic nitrogens is 1. The monoisotopic (exact) mass is 409 g/mol. The van der Waals surface area contributed by atoms with Gasteiger partial charge in [-0.05, 0) is 62.6 Å². The minimum absolute atomic E-state index is 0.484. The number of anilines is 1. The lowest BCUT2D eigenvalue weighted by atomic mass is 9.93. The molecule has 1 atom stereocenters. The second kappa shape index (κ2) is 10.8. The van der Waals surface area contributed by atoms with Gasteiger partial charge in [-0.2, -0.15) is 0 Å². The van der Waals surface area contributed by atoms with E-state index in [9.17, 15) is 0 Å². The quantitative estimate of drug-likeness (QED) is 0.624. The average molecular weight is 410 g/mol. The van der Waals surface area contributed by atoms with Crippen LogP contribution in [-0.4, -0.2) is 43.9 Å². The lowest BCUT2D eigenvalue weighted by molar-refractivity contribution is 0.103. The molecule has 0 saturated carbocycles. The summed E-state index contributed by atoms with van der Waals surface area (Å²) in [6, 6.07) is 11.1. The zero-order valence-electron chi connectivity index (χ0n) is 18.2. The van der Waals surface area contributed by atoms with Crippen LogP contribution in [0.2, 0.25) is 0 Å². The first-order chi connectivity index (χ1) is 14.8. The first-order valence-corrected chi connectivity index (χ1v) is 11.5. The van der Waals surface area contributed by atoms with Crippen LogP contribution in [0.4, 0.5) is 5.69 Å². The van der Waals surface area contributed by atoms with E-state index in [2.05, 4.69) is 52.5 Å². The SMILES string of the molecule is Cc1ccccc1COCCC1CCN(c2cncc(OCC3CCCN3)c2)CC1. The van der Waals surface area contributed by atoms with Gasteiger partial charge in [-0.25, -0.2) is 0 Å². The number of rotatable bonds is 9. The van der Waals surface area contributed by atoms with E-state index in [4.69, 9.17) is 9.47 Å². The van der Waals surface area contributed by atoms with Crippen molar-refractivity contribution >= 4 is 5.69 Å². The number of nitrogens with one attached hydrogen (secondary N) is 1. The third-order valence-corrected chi connectivity index (χ3v) is 6.48. The maximum atomic E-state index is 5.98. The van der Waals surface area contributed by atoms with Crippen molar-refractivity contribution in [2.45, 2.75) is 51.7 Å². The number of hydrogen-bond donors (Lipinski definition) is 1. The molecule has 0 amide bonds. The second-order valence-corrected chi connectivity index (χ2v) is 8.68. The van der Waals surface area contributed by atoms with Crippen LogP contribution >= 0.6 is 0 Å². The fourth-order valence-electron chi connectivity index (χ4n) is 4.44. The highest BCUT2D eigenvalue weighted by molar-refractivity contribution is 5.48. The van der Waals surface area contributed by atoms with E-state index >= 15 is 0 Å². The van der Waals surface area contributed by atoms with Crippen LogP contribution < -0.4 is 15.0 Å². The Balaban J connectivity index is 1.17. The molecule has 2 saturated heterocycles. The summed E-state index contributed by atoms with van der Waals surface area (Å²) in [4.78, 5) is 6.86. The van der Waals surface area contributed by atoms with Gasteiger partial charge in [-0.3, -0.25) is 4.98 Å². The van der Waals surface area contributed by atoms with Gasteiger partial charge in [0.05, 0.1) is 24.7 Å². The summed E-state index contributed by atoms with van der Waals surface area (Å²) in [5.41, 5.74) is 3.79. The van der Waals surface area contributed by atoms with Crippen LogP contribution in [-0.2, 0) is 11.3 Å². The third kappa shape index (κ3) is 5.96. The third-order valence-electron chi connectivity index (χ3n) is 6.48. The molecular formula is C25H35N3O2. The predicted molar refractivity (Wildman–Crippen MR) is 121 cm³/mol. The van der Waals surface area contributed by atoms with Crippen molar-refractivity contribution in [2.24, 2.45) is 5.92 Å². The number of nitrogens with zero attached hydrogens (tertiary/aromatic N) is 2. The van der Waals surface area contributed by atoms with Gasteiger partial charge >= 0.3 is 0 Å². The topological polar surface area (TPSA) is 46.6 Å². The maximum absolute atomic E-state index is 5.98. The molecule has 2 fully saturated rings. The van der Waals surface area contributed by atoms with Crippen LogP contribution in [0.15, 0.2) is 42.7 Å². The summed E-state index contributed by atoms with van der Waals surface area (Å²) < 4.78 is 11.9. The normalized spacial score (nSPS) is 19.9. The van der Waals surface area contributed by atoms with E-state index in [-0.39, 0.29) is 0 Å². The average Bonchev–Trinajstić information content (AvgIpc) is 3.31. The van der Waals surface area contributed by atoms with Crippen molar-refractivity contribution in [3.8, 4) is 5.75 Å². The van der Waals surface area contributed by atoms with Crippen molar-refractivity contribution in [1.29, 1.82) is 0 Å². The number of benzene rings is 1. The van der Waals surface area contributed by atoms with E-state index in [1.807, 2.05) is 12.4 Å². The molecule has 2 aliphatic rings. The van der Waals surface area contributed by atoms with Crippen LogP contribution in [0.1, 0.15) is 43.2 Å². The van der Waals surface area contributed by atoms with Gasteiger partial charge < -0.3 is 19.7 Å². The first-order valence-electron chi connectivity index (χ1n) is 11.5. The van der Waals surface area contributed by atoms with Gasteiger partial charge in [-0.15, -0.1) is 0 Å². The Kier molecular flexibility index (Phi) is 7.59. The van der Waals surface area contributed by atoms with Gasteiger partial charge in [0.25, 0.3) is 0 Å². The van der Waals surface area contributed by atoms with Gasteiger partial charge in [0, 0.05) is 31.8 Å². The van der Waals surface area contributed by atoms with Gasteiger partial charge in [0.15, 0.2) is 0 Å². The van der Waals surface area contributed by atoms with E-state index in [1.165, 1.54) is 42.5 Å². The molecule has 30 heavy (non-hydrogen) atoms. The van der Waals surface area contributed by atoms with Crippen molar-refractivity contribution in [1.82, 2.24) is 10.3 Å². The standard InChI is InChI=1S/C25H35N3O2/c1-20-5-2-3-6-22(20)18-29-14-10-21-8-12-28(13-9-21)24-15-25(17-26-16-24)30-19-23-7-4-11-27-23/h2-3,5-6,15-17,21,23,27H,4,7-14,18-19H2,1H3. The van der Waals surface area contributed by atoms with Crippen LogP contribution in [0.5, 0.6) is 5.75 Å². The summed E-state index contributed by atoms with van der Waals surface area (Å²) in [5.74, 6) is 1.63. The zero-order valence-corrected chi connectivity index (χ0v) is 18.2. The molecule has 4 rings (SSSR count). The Morgan fingerprint density at radius 1 is 1.13 bits per heavy atom.